The minimum Gasteiger partial charge on any atom is -0.422 e. The van der Waals surface area contributed by atoms with Gasteiger partial charge in [0.1, 0.15) is 0 Å². The van der Waals surface area contributed by atoms with Gasteiger partial charge in [0, 0.05) is 38.4 Å². The summed E-state index contributed by atoms with van der Waals surface area (Å²) in [5.41, 5.74) is 2.26. The number of piperazine rings is 1. The van der Waals surface area contributed by atoms with Crippen LogP contribution >= 0.6 is 0 Å². The van der Waals surface area contributed by atoms with Gasteiger partial charge in [0.2, 0.25) is 5.65 Å². The molecule has 1 fully saturated rings. The van der Waals surface area contributed by atoms with E-state index in [0.717, 1.165) is 18.7 Å². The maximum atomic E-state index is 12.1. The van der Waals surface area contributed by atoms with Gasteiger partial charge in [-0.15, -0.1) is 0 Å². The number of anilines is 1. The van der Waals surface area contributed by atoms with Gasteiger partial charge < -0.3 is 19.5 Å². The third kappa shape index (κ3) is 3.77. The molecule has 1 aliphatic heterocycles. The zero-order valence-corrected chi connectivity index (χ0v) is 14.6. The van der Waals surface area contributed by atoms with Crippen molar-refractivity contribution in [1.82, 2.24) is 20.2 Å². The summed E-state index contributed by atoms with van der Waals surface area (Å²) < 4.78 is 5.78. The highest BCUT2D eigenvalue weighted by Crippen LogP contribution is 2.21. The van der Waals surface area contributed by atoms with Crippen molar-refractivity contribution in [2.24, 2.45) is 5.92 Å². The number of urea groups is 1. The highest BCUT2D eigenvalue weighted by molar-refractivity contribution is 5.74. The lowest BCUT2D eigenvalue weighted by Crippen LogP contribution is -2.52. The largest absolute Gasteiger partial charge is 0.422 e. The zero-order valence-electron chi connectivity index (χ0n) is 14.6. The van der Waals surface area contributed by atoms with Crippen molar-refractivity contribution in [3.63, 3.8) is 0 Å². The summed E-state index contributed by atoms with van der Waals surface area (Å²) in [7, 11) is 0. The predicted molar refractivity (Wildman–Crippen MR) is 93.2 cm³/mol. The van der Waals surface area contributed by atoms with Crippen molar-refractivity contribution in [1.29, 1.82) is 0 Å². The summed E-state index contributed by atoms with van der Waals surface area (Å²) >= 11 is 0. The van der Waals surface area contributed by atoms with E-state index in [-0.39, 0.29) is 6.03 Å². The Morgan fingerprint density at radius 2 is 2.00 bits per heavy atom. The Morgan fingerprint density at radius 3 is 2.71 bits per heavy atom. The number of aromatic nitrogens is 2. The van der Waals surface area contributed by atoms with Crippen LogP contribution in [0.15, 0.2) is 16.5 Å². The molecule has 1 aliphatic rings. The highest BCUT2D eigenvalue weighted by Gasteiger charge is 2.24. The average molecular weight is 331 g/mol. The van der Waals surface area contributed by atoms with E-state index in [0.29, 0.717) is 49.3 Å². The summed E-state index contributed by atoms with van der Waals surface area (Å²) in [5, 5.41) is 2.99. The van der Waals surface area contributed by atoms with Crippen LogP contribution in [0.5, 0.6) is 0 Å². The Labute approximate surface area is 142 Å². The van der Waals surface area contributed by atoms with Crippen LogP contribution in [0, 0.1) is 12.8 Å². The Hall–Kier alpha value is -2.31. The monoisotopic (exact) mass is 331 g/mol. The molecule has 2 amide bonds. The smallest absolute Gasteiger partial charge is 0.317 e. The first-order valence-corrected chi connectivity index (χ1v) is 8.55. The number of carbonyl (C=O) groups is 1. The van der Waals surface area contributed by atoms with E-state index >= 15 is 0 Å². The van der Waals surface area contributed by atoms with E-state index in [1.807, 2.05) is 24.0 Å². The molecular weight excluding hydrogens is 306 g/mol. The van der Waals surface area contributed by atoms with E-state index in [4.69, 9.17) is 4.42 Å². The van der Waals surface area contributed by atoms with Crippen molar-refractivity contribution < 1.29 is 9.21 Å². The fourth-order valence-corrected chi connectivity index (χ4v) is 2.72. The van der Waals surface area contributed by atoms with Crippen molar-refractivity contribution in [3.8, 4) is 0 Å². The Morgan fingerprint density at radius 1 is 1.25 bits per heavy atom. The van der Waals surface area contributed by atoms with Gasteiger partial charge in [0.25, 0.3) is 6.01 Å². The summed E-state index contributed by atoms with van der Waals surface area (Å²) in [4.78, 5) is 24.9. The molecule has 7 nitrogen and oxygen atoms in total. The van der Waals surface area contributed by atoms with Crippen LogP contribution < -0.4 is 10.2 Å². The minimum absolute atomic E-state index is 0.0187. The molecule has 0 unspecified atom stereocenters. The molecule has 2 aromatic rings. The molecule has 0 aliphatic carbocycles. The predicted octanol–water partition coefficient (Wildman–Crippen LogP) is 2.41. The second-order valence-electron chi connectivity index (χ2n) is 6.66. The fourth-order valence-electron chi connectivity index (χ4n) is 2.72. The Bertz CT molecular complexity index is 704. The molecule has 0 saturated carbocycles. The summed E-state index contributed by atoms with van der Waals surface area (Å²) in [5.74, 6) is 0.596. The molecule has 0 spiro atoms. The molecule has 0 bridgehead atoms. The van der Waals surface area contributed by atoms with Gasteiger partial charge in [0.15, 0.2) is 5.58 Å². The van der Waals surface area contributed by atoms with Crippen molar-refractivity contribution >= 4 is 23.3 Å². The van der Waals surface area contributed by atoms with E-state index in [1.54, 1.807) is 0 Å². The molecule has 3 rings (SSSR count). The van der Waals surface area contributed by atoms with Gasteiger partial charge in [-0.1, -0.05) is 13.8 Å². The van der Waals surface area contributed by atoms with Crippen LogP contribution in [0.2, 0.25) is 0 Å². The topological polar surface area (TPSA) is 74.5 Å². The quantitative estimate of drug-likeness (QED) is 0.931. The molecule has 3 heterocycles. The SMILES string of the molecule is Cc1ccc2oc(N3CCN(C(=O)NCCC(C)C)CC3)nc2n1. The Kier molecular flexibility index (Phi) is 4.87. The lowest BCUT2D eigenvalue weighted by atomic mass is 10.1. The van der Waals surface area contributed by atoms with E-state index in [9.17, 15) is 4.79 Å². The van der Waals surface area contributed by atoms with E-state index in [2.05, 4.69) is 34.0 Å². The Balaban J connectivity index is 1.55. The van der Waals surface area contributed by atoms with Crippen LogP contribution in [0.1, 0.15) is 26.0 Å². The van der Waals surface area contributed by atoms with Crippen molar-refractivity contribution in [2.45, 2.75) is 27.2 Å². The van der Waals surface area contributed by atoms with Gasteiger partial charge in [-0.2, -0.15) is 4.98 Å². The average Bonchev–Trinajstić information content (AvgIpc) is 2.97. The van der Waals surface area contributed by atoms with Gasteiger partial charge in [-0.3, -0.25) is 0 Å². The number of aryl methyl sites for hydroxylation is 1. The number of nitrogens with zero attached hydrogens (tertiary/aromatic N) is 4. The number of amides is 2. The molecule has 7 heteroatoms. The number of nitrogens with one attached hydrogen (secondary N) is 1. The fraction of sp³-hybridized carbons (Fsp3) is 0.588. The second-order valence-corrected chi connectivity index (χ2v) is 6.66. The van der Waals surface area contributed by atoms with Crippen LogP contribution in [0.4, 0.5) is 10.8 Å². The maximum Gasteiger partial charge on any atom is 0.317 e. The van der Waals surface area contributed by atoms with Gasteiger partial charge in [-0.05, 0) is 31.4 Å². The number of rotatable bonds is 4. The normalized spacial score (nSPS) is 15.3. The zero-order chi connectivity index (χ0) is 17.1. The molecule has 1 saturated heterocycles. The minimum atomic E-state index is 0.0187. The molecule has 0 atom stereocenters. The summed E-state index contributed by atoms with van der Waals surface area (Å²) in [6.45, 7) is 9.73. The number of pyridine rings is 1. The van der Waals surface area contributed by atoms with Crippen LogP contribution in [0.25, 0.3) is 11.2 Å². The molecule has 2 aromatic heterocycles. The standard InChI is InChI=1S/C17H25N5O2/c1-12(2)6-7-18-16(23)21-8-10-22(11-9-21)17-20-15-14(24-17)5-4-13(3)19-15/h4-5,12H,6-11H2,1-3H3,(H,18,23). The maximum absolute atomic E-state index is 12.1. The first-order chi connectivity index (χ1) is 11.5. The molecule has 24 heavy (non-hydrogen) atoms. The van der Waals surface area contributed by atoms with Crippen molar-refractivity contribution in [2.75, 3.05) is 37.6 Å². The molecule has 0 aromatic carbocycles. The first kappa shape index (κ1) is 16.5. The molecule has 130 valence electrons. The van der Waals surface area contributed by atoms with Gasteiger partial charge >= 0.3 is 6.03 Å². The second kappa shape index (κ2) is 7.07. The lowest BCUT2D eigenvalue weighted by Gasteiger charge is -2.33. The van der Waals surface area contributed by atoms with E-state index < -0.39 is 0 Å². The lowest BCUT2D eigenvalue weighted by molar-refractivity contribution is 0.193. The van der Waals surface area contributed by atoms with Crippen LogP contribution in [0.3, 0.4) is 0 Å². The number of fused-ring (bicyclic) bond motifs is 1. The summed E-state index contributed by atoms with van der Waals surface area (Å²) in [6, 6.07) is 4.41. The van der Waals surface area contributed by atoms with Crippen LogP contribution in [-0.2, 0) is 0 Å². The van der Waals surface area contributed by atoms with Crippen LogP contribution in [-0.4, -0.2) is 53.6 Å². The van der Waals surface area contributed by atoms with Gasteiger partial charge in [-0.25, -0.2) is 9.78 Å². The number of carbonyl (C=O) groups excluding carboxylic acids is 1. The van der Waals surface area contributed by atoms with E-state index in [1.165, 1.54) is 0 Å². The third-order valence-electron chi connectivity index (χ3n) is 4.22. The molecule has 1 N–H and O–H groups in total. The molecular formula is C17H25N5O2. The highest BCUT2D eigenvalue weighted by atomic mass is 16.4. The number of oxazole rings is 1. The first-order valence-electron chi connectivity index (χ1n) is 8.55. The van der Waals surface area contributed by atoms with Crippen molar-refractivity contribution in [3.05, 3.63) is 17.8 Å². The third-order valence-corrected chi connectivity index (χ3v) is 4.22. The molecule has 0 radical (unpaired) electrons. The van der Waals surface area contributed by atoms with Gasteiger partial charge in [0.05, 0.1) is 0 Å². The number of hydrogen-bond acceptors (Lipinski definition) is 5. The number of hydrogen-bond donors (Lipinski definition) is 1. The summed E-state index contributed by atoms with van der Waals surface area (Å²) in [6.07, 6.45) is 1.00.